The van der Waals surface area contributed by atoms with E-state index < -0.39 is 0 Å². The molecule has 0 amide bonds. The van der Waals surface area contributed by atoms with E-state index in [0.29, 0.717) is 11.9 Å². The van der Waals surface area contributed by atoms with Crippen LogP contribution in [-0.4, -0.2) is 16.5 Å². The number of aromatic nitrogens is 2. The molecular weight excluding hydrogens is 224 g/mol. The fourth-order valence-corrected chi connectivity index (χ4v) is 2.63. The molecule has 18 heavy (non-hydrogen) atoms. The molecule has 3 rings (SSSR count). The monoisotopic (exact) mass is 240 g/mol. The Morgan fingerprint density at radius 1 is 1.22 bits per heavy atom. The van der Waals surface area contributed by atoms with Crippen LogP contribution in [0.2, 0.25) is 0 Å². The summed E-state index contributed by atoms with van der Waals surface area (Å²) in [5.74, 6) is 0.605. The molecule has 0 aliphatic carbocycles. The molecule has 0 spiro atoms. The highest BCUT2D eigenvalue weighted by molar-refractivity contribution is 5.64. The van der Waals surface area contributed by atoms with Gasteiger partial charge in [-0.1, -0.05) is 6.07 Å². The lowest BCUT2D eigenvalue weighted by Gasteiger charge is -2.27. The number of nitrogen functional groups attached to an aromatic ring is 1. The molecule has 0 saturated carbocycles. The second-order valence-electron chi connectivity index (χ2n) is 4.55. The van der Waals surface area contributed by atoms with E-state index in [1.54, 1.807) is 12.4 Å². The van der Waals surface area contributed by atoms with Gasteiger partial charge in [-0.3, -0.25) is 4.98 Å². The van der Waals surface area contributed by atoms with Crippen molar-refractivity contribution in [3.05, 3.63) is 48.4 Å². The summed E-state index contributed by atoms with van der Waals surface area (Å²) in [5, 5.41) is 0. The van der Waals surface area contributed by atoms with Crippen LogP contribution in [0.5, 0.6) is 0 Å². The molecule has 0 aromatic carbocycles. The normalized spacial score (nSPS) is 19.1. The number of nitrogens with two attached hydrogens (primary N) is 1. The Balaban J connectivity index is 1.95. The summed E-state index contributed by atoms with van der Waals surface area (Å²) < 4.78 is 0. The summed E-state index contributed by atoms with van der Waals surface area (Å²) in [6.45, 7) is 1.02. The molecular formula is C14H16N4. The van der Waals surface area contributed by atoms with Crippen molar-refractivity contribution < 1.29 is 0 Å². The van der Waals surface area contributed by atoms with Crippen molar-refractivity contribution in [3.63, 3.8) is 0 Å². The van der Waals surface area contributed by atoms with Gasteiger partial charge in [-0.2, -0.15) is 0 Å². The highest BCUT2D eigenvalue weighted by Crippen LogP contribution is 2.37. The first-order chi connectivity index (χ1) is 8.86. The summed E-state index contributed by atoms with van der Waals surface area (Å²) in [4.78, 5) is 10.7. The van der Waals surface area contributed by atoms with Gasteiger partial charge in [0.05, 0.1) is 11.7 Å². The molecule has 0 bridgehead atoms. The van der Waals surface area contributed by atoms with Crippen LogP contribution in [0.3, 0.4) is 0 Å². The zero-order chi connectivity index (χ0) is 12.4. The van der Waals surface area contributed by atoms with Crippen LogP contribution < -0.4 is 10.6 Å². The highest BCUT2D eigenvalue weighted by Gasteiger charge is 2.27. The van der Waals surface area contributed by atoms with Crippen LogP contribution in [0.25, 0.3) is 0 Å². The minimum Gasteiger partial charge on any atom is -0.382 e. The fraction of sp³-hybridized carbons (Fsp3) is 0.286. The van der Waals surface area contributed by atoms with Crippen LogP contribution in [-0.2, 0) is 0 Å². The second kappa shape index (κ2) is 4.64. The maximum absolute atomic E-state index is 5.97. The van der Waals surface area contributed by atoms with Gasteiger partial charge in [0, 0.05) is 25.1 Å². The van der Waals surface area contributed by atoms with E-state index in [-0.39, 0.29) is 0 Å². The quantitative estimate of drug-likeness (QED) is 0.875. The maximum Gasteiger partial charge on any atom is 0.146 e. The summed E-state index contributed by atoms with van der Waals surface area (Å²) in [6.07, 6.45) is 7.79. The molecule has 92 valence electrons. The number of hydrogen-bond acceptors (Lipinski definition) is 4. The van der Waals surface area contributed by atoms with Crippen molar-refractivity contribution in [3.8, 4) is 0 Å². The molecule has 1 fully saturated rings. The van der Waals surface area contributed by atoms with E-state index in [1.165, 1.54) is 12.0 Å². The van der Waals surface area contributed by atoms with E-state index in [1.807, 2.05) is 24.4 Å². The lowest BCUT2D eigenvalue weighted by Crippen LogP contribution is -2.23. The van der Waals surface area contributed by atoms with Crippen molar-refractivity contribution in [1.82, 2.24) is 9.97 Å². The minimum absolute atomic E-state index is 0.366. The number of anilines is 2. The van der Waals surface area contributed by atoms with Crippen molar-refractivity contribution >= 4 is 11.5 Å². The van der Waals surface area contributed by atoms with Crippen molar-refractivity contribution in [1.29, 1.82) is 0 Å². The summed E-state index contributed by atoms with van der Waals surface area (Å²) >= 11 is 0. The highest BCUT2D eigenvalue weighted by atomic mass is 15.2. The molecule has 1 aliphatic heterocycles. The predicted molar refractivity (Wildman–Crippen MR) is 72.2 cm³/mol. The average molecular weight is 240 g/mol. The van der Waals surface area contributed by atoms with E-state index in [4.69, 9.17) is 5.73 Å². The number of pyridine rings is 2. The Kier molecular flexibility index (Phi) is 2.84. The van der Waals surface area contributed by atoms with Crippen LogP contribution in [0.15, 0.2) is 42.9 Å². The van der Waals surface area contributed by atoms with Crippen LogP contribution >= 0.6 is 0 Å². The Hall–Kier alpha value is -2.10. The van der Waals surface area contributed by atoms with Gasteiger partial charge in [0.1, 0.15) is 5.82 Å². The van der Waals surface area contributed by atoms with Gasteiger partial charge in [-0.15, -0.1) is 0 Å². The molecule has 4 nitrogen and oxygen atoms in total. The number of nitrogens with zero attached hydrogens (tertiary/aromatic N) is 3. The Morgan fingerprint density at radius 3 is 2.89 bits per heavy atom. The van der Waals surface area contributed by atoms with E-state index in [2.05, 4.69) is 20.9 Å². The van der Waals surface area contributed by atoms with Gasteiger partial charge in [0.25, 0.3) is 0 Å². The largest absolute Gasteiger partial charge is 0.382 e. The molecule has 1 atom stereocenters. The zero-order valence-electron chi connectivity index (χ0n) is 10.2. The minimum atomic E-state index is 0.366. The van der Waals surface area contributed by atoms with Crippen molar-refractivity contribution in [2.75, 3.05) is 17.2 Å². The van der Waals surface area contributed by atoms with Gasteiger partial charge >= 0.3 is 0 Å². The first-order valence-electron chi connectivity index (χ1n) is 6.23. The lowest BCUT2D eigenvalue weighted by atomic mass is 10.1. The van der Waals surface area contributed by atoms with Crippen molar-refractivity contribution in [2.24, 2.45) is 0 Å². The number of rotatable bonds is 2. The molecule has 2 N–H and O–H groups in total. The van der Waals surface area contributed by atoms with Gasteiger partial charge in [0.2, 0.25) is 0 Å². The molecule has 1 aliphatic rings. The SMILES string of the molecule is Nc1ncccc1N1CCCC1c1cccnc1. The third-order valence-electron chi connectivity index (χ3n) is 3.45. The summed E-state index contributed by atoms with van der Waals surface area (Å²) in [5.41, 5.74) is 8.25. The smallest absolute Gasteiger partial charge is 0.146 e. The van der Waals surface area contributed by atoms with Crippen LogP contribution in [0, 0.1) is 0 Å². The third-order valence-corrected chi connectivity index (χ3v) is 3.45. The van der Waals surface area contributed by atoms with Gasteiger partial charge < -0.3 is 10.6 Å². The lowest BCUT2D eigenvalue weighted by molar-refractivity contribution is 0.715. The Labute approximate surface area is 106 Å². The van der Waals surface area contributed by atoms with Gasteiger partial charge in [-0.05, 0) is 36.6 Å². The zero-order valence-corrected chi connectivity index (χ0v) is 10.2. The topological polar surface area (TPSA) is 55.0 Å². The molecule has 1 unspecified atom stereocenters. The molecule has 4 heteroatoms. The molecule has 0 radical (unpaired) electrons. The van der Waals surface area contributed by atoms with Gasteiger partial charge in [-0.25, -0.2) is 4.98 Å². The average Bonchev–Trinajstić information content (AvgIpc) is 2.89. The molecule has 2 aromatic heterocycles. The van der Waals surface area contributed by atoms with E-state index in [9.17, 15) is 0 Å². The first kappa shape index (κ1) is 11.0. The van der Waals surface area contributed by atoms with Gasteiger partial charge in [0.15, 0.2) is 0 Å². The van der Waals surface area contributed by atoms with Crippen molar-refractivity contribution in [2.45, 2.75) is 18.9 Å². The van der Waals surface area contributed by atoms with Crippen LogP contribution in [0.4, 0.5) is 11.5 Å². The second-order valence-corrected chi connectivity index (χ2v) is 4.55. The number of hydrogen-bond donors (Lipinski definition) is 1. The summed E-state index contributed by atoms with van der Waals surface area (Å²) in [6, 6.07) is 8.45. The fourth-order valence-electron chi connectivity index (χ4n) is 2.63. The Morgan fingerprint density at radius 2 is 2.11 bits per heavy atom. The standard InChI is InChI=1S/C14H16N4/c15-14-13(5-2-8-17-14)18-9-3-6-12(18)11-4-1-7-16-10-11/h1-2,4-5,7-8,10,12H,3,6,9H2,(H2,15,17). The first-order valence-corrected chi connectivity index (χ1v) is 6.23. The van der Waals surface area contributed by atoms with E-state index in [0.717, 1.165) is 18.7 Å². The maximum atomic E-state index is 5.97. The third kappa shape index (κ3) is 1.90. The van der Waals surface area contributed by atoms with E-state index >= 15 is 0 Å². The summed E-state index contributed by atoms with van der Waals surface area (Å²) in [7, 11) is 0. The molecule has 3 heterocycles. The predicted octanol–water partition coefficient (Wildman–Crippen LogP) is 2.40. The van der Waals surface area contributed by atoms with Crippen LogP contribution in [0.1, 0.15) is 24.4 Å². The Bertz CT molecular complexity index is 526. The molecule has 1 saturated heterocycles. The molecule has 2 aromatic rings.